The molecule has 1 N–H and O–H groups in total. The molecule has 0 saturated carbocycles. The normalized spacial score (nSPS) is 10.7. The third-order valence-corrected chi connectivity index (χ3v) is 3.65. The fourth-order valence-corrected chi connectivity index (χ4v) is 2.50. The molecule has 0 aliphatic rings. The van der Waals surface area contributed by atoms with E-state index in [0.29, 0.717) is 12.2 Å². The maximum absolute atomic E-state index is 11.9. The number of nitrogens with one attached hydrogen (secondary N) is 1. The summed E-state index contributed by atoms with van der Waals surface area (Å²) in [6.45, 7) is 0.600. The van der Waals surface area contributed by atoms with Crippen molar-refractivity contribution >= 4 is 28.4 Å². The minimum Gasteiger partial charge on any atom is -0.336 e. The lowest BCUT2D eigenvalue weighted by atomic mass is 10.3. The Morgan fingerprint density at radius 2 is 2.32 bits per heavy atom. The summed E-state index contributed by atoms with van der Waals surface area (Å²) < 4.78 is 1.30. The molecule has 96 valence electrons. The SMILES string of the molecule is O=C(NCCc1cccs1)n1cc2cccnc2n1. The average Bonchev–Trinajstić information content (AvgIpc) is 3.07. The van der Waals surface area contributed by atoms with Crippen LogP contribution in [0.1, 0.15) is 4.88 Å². The third-order valence-electron chi connectivity index (χ3n) is 2.72. The molecule has 0 fully saturated rings. The van der Waals surface area contributed by atoms with E-state index in [4.69, 9.17) is 0 Å². The van der Waals surface area contributed by atoms with Gasteiger partial charge in [0.15, 0.2) is 5.65 Å². The monoisotopic (exact) mass is 272 g/mol. The number of amides is 1. The lowest BCUT2D eigenvalue weighted by Crippen LogP contribution is -2.30. The van der Waals surface area contributed by atoms with Crippen molar-refractivity contribution in [2.45, 2.75) is 6.42 Å². The molecule has 0 aliphatic heterocycles. The zero-order valence-electron chi connectivity index (χ0n) is 10.1. The van der Waals surface area contributed by atoms with Gasteiger partial charge in [-0.3, -0.25) is 0 Å². The van der Waals surface area contributed by atoms with E-state index in [1.807, 2.05) is 23.6 Å². The first-order chi connectivity index (χ1) is 9.33. The second-order valence-electron chi connectivity index (χ2n) is 4.05. The molecule has 0 aromatic carbocycles. The van der Waals surface area contributed by atoms with Crippen molar-refractivity contribution in [3.05, 3.63) is 46.9 Å². The fraction of sp³-hybridized carbons (Fsp3) is 0.154. The predicted molar refractivity (Wildman–Crippen MR) is 74.3 cm³/mol. The highest BCUT2D eigenvalue weighted by Gasteiger charge is 2.07. The van der Waals surface area contributed by atoms with E-state index in [-0.39, 0.29) is 6.03 Å². The van der Waals surface area contributed by atoms with Crippen molar-refractivity contribution in [2.24, 2.45) is 0 Å². The van der Waals surface area contributed by atoms with E-state index >= 15 is 0 Å². The molecule has 3 aromatic rings. The molecule has 19 heavy (non-hydrogen) atoms. The van der Waals surface area contributed by atoms with Crippen LogP contribution < -0.4 is 5.32 Å². The molecule has 5 nitrogen and oxygen atoms in total. The first-order valence-corrected chi connectivity index (χ1v) is 6.82. The molecule has 0 aliphatic carbocycles. The Hall–Kier alpha value is -2.21. The number of nitrogens with zero attached hydrogens (tertiary/aromatic N) is 3. The highest BCUT2D eigenvalue weighted by atomic mass is 32.1. The lowest BCUT2D eigenvalue weighted by Gasteiger charge is -2.02. The van der Waals surface area contributed by atoms with Crippen LogP contribution in [0.3, 0.4) is 0 Å². The molecule has 3 rings (SSSR count). The van der Waals surface area contributed by atoms with Crippen molar-refractivity contribution < 1.29 is 4.79 Å². The van der Waals surface area contributed by atoms with Crippen molar-refractivity contribution in [3.8, 4) is 0 Å². The summed E-state index contributed by atoms with van der Waals surface area (Å²) in [7, 11) is 0. The second kappa shape index (κ2) is 5.19. The summed E-state index contributed by atoms with van der Waals surface area (Å²) in [5.41, 5.74) is 0.580. The van der Waals surface area contributed by atoms with Crippen LogP contribution in [0.15, 0.2) is 42.0 Å². The third kappa shape index (κ3) is 2.63. The number of fused-ring (bicyclic) bond motifs is 1. The van der Waals surface area contributed by atoms with Gasteiger partial charge in [0, 0.05) is 29.2 Å². The zero-order chi connectivity index (χ0) is 13.1. The molecule has 1 amide bonds. The average molecular weight is 272 g/mol. The maximum Gasteiger partial charge on any atom is 0.342 e. The van der Waals surface area contributed by atoms with Gasteiger partial charge in [-0.15, -0.1) is 16.4 Å². The van der Waals surface area contributed by atoms with Gasteiger partial charge in [-0.25, -0.2) is 9.78 Å². The fourth-order valence-electron chi connectivity index (χ4n) is 1.79. The van der Waals surface area contributed by atoms with Crippen molar-refractivity contribution in [3.63, 3.8) is 0 Å². The maximum atomic E-state index is 11.9. The van der Waals surface area contributed by atoms with Gasteiger partial charge in [0.05, 0.1) is 0 Å². The number of rotatable bonds is 3. The van der Waals surface area contributed by atoms with Gasteiger partial charge in [-0.2, -0.15) is 4.68 Å². The molecule has 0 radical (unpaired) electrons. The molecule has 3 aromatic heterocycles. The number of hydrogen-bond acceptors (Lipinski definition) is 4. The van der Waals surface area contributed by atoms with Gasteiger partial charge < -0.3 is 5.32 Å². The molecule has 6 heteroatoms. The second-order valence-corrected chi connectivity index (χ2v) is 5.08. The molecular weight excluding hydrogens is 260 g/mol. The molecular formula is C13H12N4OS. The van der Waals surface area contributed by atoms with Crippen molar-refractivity contribution in [1.29, 1.82) is 0 Å². The van der Waals surface area contributed by atoms with Crippen molar-refractivity contribution in [1.82, 2.24) is 20.1 Å². The summed E-state index contributed by atoms with van der Waals surface area (Å²) in [6.07, 6.45) is 4.18. The van der Waals surface area contributed by atoms with Gasteiger partial charge in [0.2, 0.25) is 0 Å². The van der Waals surface area contributed by atoms with Gasteiger partial charge in [-0.1, -0.05) is 6.07 Å². The van der Waals surface area contributed by atoms with Crippen LogP contribution in [-0.2, 0) is 6.42 Å². The minimum atomic E-state index is -0.227. The molecule has 0 atom stereocenters. The number of carbonyl (C=O) groups excluding carboxylic acids is 1. The van der Waals surface area contributed by atoms with E-state index < -0.39 is 0 Å². The van der Waals surface area contributed by atoms with E-state index in [1.54, 1.807) is 23.7 Å². The summed E-state index contributed by atoms with van der Waals surface area (Å²) in [5.74, 6) is 0. The predicted octanol–water partition coefficient (Wildman–Crippen LogP) is 2.29. The van der Waals surface area contributed by atoms with Crippen LogP contribution in [0.4, 0.5) is 4.79 Å². The minimum absolute atomic E-state index is 0.227. The quantitative estimate of drug-likeness (QED) is 0.795. The summed E-state index contributed by atoms with van der Waals surface area (Å²) in [4.78, 5) is 17.3. The molecule has 3 heterocycles. The Bertz CT molecular complexity index is 657. The van der Waals surface area contributed by atoms with Crippen molar-refractivity contribution in [2.75, 3.05) is 6.54 Å². The highest BCUT2D eigenvalue weighted by Crippen LogP contribution is 2.09. The first kappa shape index (κ1) is 11.9. The van der Waals surface area contributed by atoms with Gasteiger partial charge in [-0.05, 0) is 30.0 Å². The van der Waals surface area contributed by atoms with E-state index in [1.165, 1.54) is 9.56 Å². The summed E-state index contributed by atoms with van der Waals surface area (Å²) in [6, 6.07) is 7.54. The number of carbonyl (C=O) groups is 1. The van der Waals surface area contributed by atoms with Crippen LogP contribution in [0, 0.1) is 0 Å². The standard InChI is InChI=1S/C13H12N4OS/c18-13(15-7-5-11-4-2-8-19-11)17-9-10-3-1-6-14-12(10)16-17/h1-4,6,8-9H,5,7H2,(H,15,18). The molecule has 0 unspecified atom stereocenters. The van der Waals surface area contributed by atoms with Gasteiger partial charge >= 0.3 is 6.03 Å². The van der Waals surface area contributed by atoms with Crippen LogP contribution >= 0.6 is 11.3 Å². The van der Waals surface area contributed by atoms with Crippen LogP contribution in [-0.4, -0.2) is 27.3 Å². The van der Waals surface area contributed by atoms with Crippen LogP contribution in [0.2, 0.25) is 0 Å². The van der Waals surface area contributed by atoms with E-state index in [0.717, 1.165) is 11.8 Å². The number of hydrogen-bond donors (Lipinski definition) is 1. The van der Waals surface area contributed by atoms with Gasteiger partial charge in [0.1, 0.15) is 0 Å². The largest absolute Gasteiger partial charge is 0.342 e. The first-order valence-electron chi connectivity index (χ1n) is 5.94. The summed E-state index contributed by atoms with van der Waals surface area (Å²) in [5, 5.41) is 9.85. The molecule has 0 spiro atoms. The molecule has 0 bridgehead atoms. The Labute approximate surface area is 113 Å². The lowest BCUT2D eigenvalue weighted by molar-refractivity contribution is 0.240. The van der Waals surface area contributed by atoms with Crippen LogP contribution in [0.25, 0.3) is 11.0 Å². The Kier molecular flexibility index (Phi) is 3.24. The molecule has 0 saturated heterocycles. The number of aromatic nitrogens is 3. The highest BCUT2D eigenvalue weighted by molar-refractivity contribution is 7.09. The number of pyridine rings is 1. The Morgan fingerprint density at radius 3 is 3.11 bits per heavy atom. The van der Waals surface area contributed by atoms with E-state index in [9.17, 15) is 4.79 Å². The summed E-state index contributed by atoms with van der Waals surface area (Å²) >= 11 is 1.69. The zero-order valence-corrected chi connectivity index (χ0v) is 10.9. The number of thiophene rings is 1. The Balaban J connectivity index is 1.63. The topological polar surface area (TPSA) is 59.8 Å². The Morgan fingerprint density at radius 1 is 1.37 bits per heavy atom. The van der Waals surface area contributed by atoms with E-state index in [2.05, 4.69) is 21.5 Å². The van der Waals surface area contributed by atoms with Gasteiger partial charge in [0.25, 0.3) is 0 Å². The van der Waals surface area contributed by atoms with Crippen LogP contribution in [0.5, 0.6) is 0 Å². The smallest absolute Gasteiger partial charge is 0.336 e.